The summed E-state index contributed by atoms with van der Waals surface area (Å²) in [6, 6.07) is 12.1. The highest BCUT2D eigenvalue weighted by atomic mass is 35.5. The van der Waals surface area contributed by atoms with Crippen molar-refractivity contribution in [2.45, 2.75) is 33.0 Å². The maximum Gasteiger partial charge on any atom is 0.417 e. The third-order valence-electron chi connectivity index (χ3n) is 7.80. The summed E-state index contributed by atoms with van der Waals surface area (Å²) in [5, 5.41) is 21.5. The van der Waals surface area contributed by atoms with E-state index in [0.29, 0.717) is 44.2 Å². The average Bonchev–Trinajstić information content (AvgIpc) is 3.50. The van der Waals surface area contributed by atoms with Crippen LogP contribution in [0.1, 0.15) is 39.9 Å². The summed E-state index contributed by atoms with van der Waals surface area (Å²) in [6.07, 6.45) is -1.68. The number of hydrogen-bond donors (Lipinski definition) is 1. The number of carboxylic acid groups (broad SMARTS) is 1. The zero-order chi connectivity index (χ0) is 34.3. The van der Waals surface area contributed by atoms with Crippen molar-refractivity contribution in [1.82, 2.24) is 19.5 Å². The number of thiophene rings is 1. The van der Waals surface area contributed by atoms with Crippen LogP contribution in [0.25, 0.3) is 43.4 Å². The van der Waals surface area contributed by atoms with Crippen LogP contribution in [0.2, 0.25) is 5.02 Å². The Balaban J connectivity index is 1.41. The van der Waals surface area contributed by atoms with Crippen LogP contribution < -0.4 is 10.3 Å². The first-order valence-corrected chi connectivity index (χ1v) is 15.7. The van der Waals surface area contributed by atoms with Gasteiger partial charge in [-0.2, -0.15) is 18.4 Å². The number of halogens is 4. The van der Waals surface area contributed by atoms with E-state index in [0.717, 1.165) is 6.07 Å². The van der Waals surface area contributed by atoms with Crippen molar-refractivity contribution in [2.24, 2.45) is 0 Å². The number of pyridine rings is 2. The highest BCUT2D eigenvalue weighted by molar-refractivity contribution is 7.18. The molecule has 4 heterocycles. The number of nitriles is 1. The Labute approximate surface area is 279 Å². The quantitative estimate of drug-likeness (QED) is 0.171. The molecule has 6 rings (SSSR count). The van der Waals surface area contributed by atoms with E-state index in [2.05, 4.69) is 15.0 Å². The summed E-state index contributed by atoms with van der Waals surface area (Å²) in [6.45, 7) is 3.27. The number of ether oxygens (including phenoxy) is 1. The van der Waals surface area contributed by atoms with Crippen LogP contribution in [0, 0.1) is 18.3 Å². The molecule has 48 heavy (non-hydrogen) atoms. The lowest BCUT2D eigenvalue weighted by Gasteiger charge is -2.18. The third kappa shape index (κ3) is 5.85. The van der Waals surface area contributed by atoms with Gasteiger partial charge in [-0.15, -0.1) is 11.3 Å². The number of carbonyl (C=O) groups is 1. The van der Waals surface area contributed by atoms with Gasteiger partial charge in [0, 0.05) is 45.2 Å². The van der Waals surface area contributed by atoms with Crippen LogP contribution in [0.4, 0.5) is 13.2 Å². The van der Waals surface area contributed by atoms with E-state index in [1.54, 1.807) is 18.2 Å². The highest BCUT2D eigenvalue weighted by Gasteiger charge is 2.37. The van der Waals surface area contributed by atoms with Gasteiger partial charge in [0.15, 0.2) is 0 Å². The van der Waals surface area contributed by atoms with Crippen LogP contribution in [-0.4, -0.2) is 37.2 Å². The van der Waals surface area contributed by atoms with E-state index in [4.69, 9.17) is 16.3 Å². The molecule has 0 aliphatic carbocycles. The molecule has 9 nitrogen and oxygen atoms in total. The van der Waals surface area contributed by atoms with E-state index in [1.807, 2.05) is 19.1 Å². The molecule has 1 N–H and O–H groups in total. The fraction of sp³-hybridized carbons (Fsp3) is 0.176. The van der Waals surface area contributed by atoms with Crippen LogP contribution in [-0.2, 0) is 19.1 Å². The molecule has 0 saturated carbocycles. The van der Waals surface area contributed by atoms with Gasteiger partial charge in [0.05, 0.1) is 44.4 Å². The molecule has 4 aromatic heterocycles. The van der Waals surface area contributed by atoms with Crippen molar-refractivity contribution in [1.29, 1.82) is 5.26 Å². The number of alkyl halides is 3. The van der Waals surface area contributed by atoms with E-state index < -0.39 is 34.4 Å². The number of benzene rings is 2. The molecule has 0 radical (unpaired) electrons. The van der Waals surface area contributed by atoms with Gasteiger partial charge in [0.25, 0.3) is 5.56 Å². The topological polar surface area (TPSA) is 131 Å². The summed E-state index contributed by atoms with van der Waals surface area (Å²) in [7, 11) is 0. The minimum Gasteiger partial charge on any atom is -0.491 e. The molecule has 2 aromatic carbocycles. The summed E-state index contributed by atoms with van der Waals surface area (Å²) >= 11 is 7.62. The number of aromatic nitrogens is 4. The van der Waals surface area contributed by atoms with Gasteiger partial charge in [-0.3, -0.25) is 19.3 Å². The Hall–Kier alpha value is -5.32. The monoisotopic (exact) mass is 689 g/mol. The SMILES string of the molecule is CCc1cc(-c2cc(Cl)ccc2OCCn2c(C)nc3cc(C(F)(F)F)c(-c4ccncc4)c(C#N)c3c2=O)c2scc(C(=O)O)c2n1. The first kappa shape index (κ1) is 32.6. The van der Waals surface area contributed by atoms with Crippen molar-refractivity contribution in [3.8, 4) is 34.1 Å². The van der Waals surface area contributed by atoms with Crippen LogP contribution in [0.3, 0.4) is 0 Å². The molecule has 0 saturated heterocycles. The molecule has 0 amide bonds. The Bertz CT molecular complexity index is 2350. The van der Waals surface area contributed by atoms with E-state index in [1.165, 1.54) is 52.7 Å². The third-order valence-corrected chi connectivity index (χ3v) is 9.03. The predicted octanol–water partition coefficient (Wildman–Crippen LogP) is 7.93. The van der Waals surface area contributed by atoms with Gasteiger partial charge in [-0.1, -0.05) is 18.5 Å². The van der Waals surface area contributed by atoms with Gasteiger partial charge < -0.3 is 9.84 Å². The zero-order valence-electron chi connectivity index (χ0n) is 25.2. The zero-order valence-corrected chi connectivity index (χ0v) is 26.8. The van der Waals surface area contributed by atoms with Crippen LogP contribution in [0.5, 0.6) is 5.75 Å². The van der Waals surface area contributed by atoms with E-state index >= 15 is 0 Å². The largest absolute Gasteiger partial charge is 0.491 e. The summed E-state index contributed by atoms with van der Waals surface area (Å²) in [5.41, 5.74) is -0.450. The van der Waals surface area contributed by atoms with Gasteiger partial charge in [0.2, 0.25) is 0 Å². The second kappa shape index (κ2) is 12.7. The normalized spacial score (nSPS) is 11.6. The molecule has 0 spiro atoms. The maximum atomic E-state index is 14.2. The lowest BCUT2D eigenvalue weighted by molar-refractivity contribution is -0.137. The first-order valence-electron chi connectivity index (χ1n) is 14.5. The number of aryl methyl sites for hydroxylation is 2. The second-order valence-corrected chi connectivity index (χ2v) is 12.0. The van der Waals surface area contributed by atoms with Gasteiger partial charge in [-0.25, -0.2) is 9.78 Å². The van der Waals surface area contributed by atoms with Crippen LogP contribution in [0.15, 0.2) is 65.0 Å². The molecule has 6 aromatic rings. The molecule has 14 heteroatoms. The predicted molar refractivity (Wildman–Crippen MR) is 176 cm³/mol. The molecule has 242 valence electrons. The van der Waals surface area contributed by atoms with Crippen molar-refractivity contribution in [2.75, 3.05) is 6.61 Å². The lowest BCUT2D eigenvalue weighted by Crippen LogP contribution is -2.27. The average molecular weight is 690 g/mol. The standard InChI is InChI=1S/C34H23ClF3N5O4S/c1-3-20-13-22(31-30(42-20)24(16-48-31)33(45)46)21-12-19(35)4-5-27(21)47-11-10-43-17(2)41-26-14-25(34(36,37)38)28(18-6-8-40-9-7-18)23(15-39)29(26)32(43)44/h4-9,12-14,16H,3,10-11H2,1-2H3,(H,45,46). The minimum absolute atomic E-state index is 0.0553. The van der Waals surface area contributed by atoms with Gasteiger partial charge in [-0.05, 0) is 61.4 Å². The van der Waals surface area contributed by atoms with E-state index in [-0.39, 0.29) is 41.0 Å². The first-order chi connectivity index (χ1) is 22.9. The summed E-state index contributed by atoms with van der Waals surface area (Å²) in [5.74, 6) is -0.571. The Morgan fingerprint density at radius 1 is 1.12 bits per heavy atom. The van der Waals surface area contributed by atoms with Crippen molar-refractivity contribution < 1.29 is 27.8 Å². The van der Waals surface area contributed by atoms with Crippen LogP contribution >= 0.6 is 22.9 Å². The molecule has 0 aliphatic heterocycles. The highest BCUT2D eigenvalue weighted by Crippen LogP contribution is 2.42. The van der Waals surface area contributed by atoms with Gasteiger partial charge in [0.1, 0.15) is 24.3 Å². The molecule has 0 unspecified atom stereocenters. The number of fused-ring (bicyclic) bond motifs is 2. The molecule has 0 bridgehead atoms. The Morgan fingerprint density at radius 2 is 1.88 bits per heavy atom. The van der Waals surface area contributed by atoms with E-state index in [9.17, 15) is 33.1 Å². The lowest BCUT2D eigenvalue weighted by atomic mass is 9.92. The van der Waals surface area contributed by atoms with Gasteiger partial charge >= 0.3 is 12.1 Å². The number of carboxylic acids is 1. The maximum absolute atomic E-state index is 14.2. The Morgan fingerprint density at radius 3 is 2.54 bits per heavy atom. The fourth-order valence-electron chi connectivity index (χ4n) is 5.59. The minimum atomic E-state index is -4.83. The Kier molecular flexibility index (Phi) is 8.63. The summed E-state index contributed by atoms with van der Waals surface area (Å²) in [4.78, 5) is 38.4. The van der Waals surface area contributed by atoms with Crippen molar-refractivity contribution >= 4 is 50.0 Å². The summed E-state index contributed by atoms with van der Waals surface area (Å²) < 4.78 is 50.8. The fourth-order valence-corrected chi connectivity index (χ4v) is 6.77. The molecular weight excluding hydrogens is 667 g/mol. The number of hydrogen-bond acceptors (Lipinski definition) is 8. The molecule has 0 fully saturated rings. The molecule has 0 atom stereocenters. The molecule has 0 aliphatic rings. The smallest absolute Gasteiger partial charge is 0.417 e. The number of nitrogens with zero attached hydrogens (tertiary/aromatic N) is 5. The van der Waals surface area contributed by atoms with Crippen molar-refractivity contribution in [3.05, 3.63) is 104 Å². The second-order valence-electron chi connectivity index (χ2n) is 10.7. The number of rotatable bonds is 8. The van der Waals surface area contributed by atoms with Crippen molar-refractivity contribution in [3.63, 3.8) is 0 Å². The number of aromatic carboxylic acids is 1. The molecular formula is C34H23ClF3N5O4S.